The van der Waals surface area contributed by atoms with Crippen LogP contribution in [0.5, 0.6) is 0 Å². The van der Waals surface area contributed by atoms with E-state index in [9.17, 15) is 9.59 Å². The van der Waals surface area contributed by atoms with E-state index in [2.05, 4.69) is 26.7 Å². The quantitative estimate of drug-likeness (QED) is 0.203. The Morgan fingerprint density at radius 3 is 2.60 bits per heavy atom. The molecule has 1 atom stereocenters. The van der Waals surface area contributed by atoms with Gasteiger partial charge in [-0.15, -0.1) is 0 Å². The summed E-state index contributed by atoms with van der Waals surface area (Å²) in [6.07, 6.45) is 11.3. The number of nitrogens with zero attached hydrogens (tertiary/aromatic N) is 1. The van der Waals surface area contributed by atoms with Gasteiger partial charge in [-0.2, -0.15) is 0 Å². The third kappa shape index (κ3) is 4.99. The maximum atomic E-state index is 14.1. The van der Waals surface area contributed by atoms with Crippen LogP contribution in [0.15, 0.2) is 85.3 Å². The third-order valence-corrected chi connectivity index (χ3v) is 8.53. The first kappa shape index (κ1) is 25.9. The maximum Gasteiger partial charge on any atom is 0.252 e. The molecule has 5 aromatic rings. The smallest absolute Gasteiger partial charge is 0.252 e. The summed E-state index contributed by atoms with van der Waals surface area (Å²) in [5, 5.41) is 8.38. The number of amides is 2. The number of nitrogens with one attached hydrogen (secondary N) is 4. The molecule has 7 heteroatoms. The van der Waals surface area contributed by atoms with E-state index in [4.69, 9.17) is 4.98 Å². The highest BCUT2D eigenvalue weighted by molar-refractivity contribution is 6.01. The summed E-state index contributed by atoms with van der Waals surface area (Å²) in [5.41, 5.74) is 3.09. The van der Waals surface area contributed by atoms with Crippen molar-refractivity contribution >= 4 is 33.6 Å². The molecule has 6 rings (SSSR count). The van der Waals surface area contributed by atoms with Crippen molar-refractivity contribution in [3.8, 4) is 0 Å². The number of carbonyl (C=O) groups excluding carboxylic acids is 2. The zero-order valence-electron chi connectivity index (χ0n) is 22.8. The van der Waals surface area contributed by atoms with Crippen LogP contribution in [0, 0.1) is 0 Å². The van der Waals surface area contributed by atoms with Gasteiger partial charge in [-0.25, -0.2) is 0 Å². The lowest BCUT2D eigenvalue weighted by Gasteiger charge is -2.38. The fourth-order valence-corrected chi connectivity index (χ4v) is 6.23. The van der Waals surface area contributed by atoms with E-state index < -0.39 is 5.54 Å². The maximum absolute atomic E-state index is 14.1. The van der Waals surface area contributed by atoms with Crippen LogP contribution >= 0.6 is 0 Å². The van der Waals surface area contributed by atoms with Gasteiger partial charge in [0.15, 0.2) is 0 Å². The van der Waals surface area contributed by atoms with Crippen molar-refractivity contribution in [3.05, 3.63) is 102 Å². The van der Waals surface area contributed by atoms with Gasteiger partial charge in [-0.05, 0) is 67.8 Å². The molecule has 1 saturated carbocycles. The summed E-state index contributed by atoms with van der Waals surface area (Å²) >= 11 is 0. The Kier molecular flexibility index (Phi) is 6.88. The molecule has 3 aromatic heterocycles. The summed E-state index contributed by atoms with van der Waals surface area (Å²) in [4.78, 5) is 38.9. The first-order valence-corrected chi connectivity index (χ1v) is 14.1. The van der Waals surface area contributed by atoms with Gasteiger partial charge >= 0.3 is 0 Å². The SMILES string of the molecule is C[C@@](Cc1c[nH]c2ccccc12)(NC(=O)c1ccc2[nH]ccc2c1)C(=O)NCC1(c2ccccn2)CCCCC1. The van der Waals surface area contributed by atoms with E-state index >= 15 is 0 Å². The van der Waals surface area contributed by atoms with Crippen molar-refractivity contribution in [2.75, 3.05) is 6.54 Å². The van der Waals surface area contributed by atoms with Crippen LogP contribution in [0.4, 0.5) is 0 Å². The Labute approximate surface area is 233 Å². The zero-order valence-corrected chi connectivity index (χ0v) is 22.8. The molecular formula is C33H35N5O2. The Balaban J connectivity index is 1.29. The molecule has 7 nitrogen and oxygen atoms in total. The second-order valence-corrected chi connectivity index (χ2v) is 11.3. The fourth-order valence-electron chi connectivity index (χ4n) is 6.23. The number of fused-ring (bicyclic) bond motifs is 2. The molecule has 1 fully saturated rings. The summed E-state index contributed by atoms with van der Waals surface area (Å²) in [6, 6.07) is 21.5. The number of para-hydroxylation sites is 1. The van der Waals surface area contributed by atoms with Crippen LogP contribution in [0.2, 0.25) is 0 Å². The van der Waals surface area contributed by atoms with Crippen molar-refractivity contribution in [3.63, 3.8) is 0 Å². The number of benzene rings is 2. The highest BCUT2D eigenvalue weighted by atomic mass is 16.2. The van der Waals surface area contributed by atoms with Gasteiger partial charge in [0, 0.05) is 70.0 Å². The van der Waals surface area contributed by atoms with Crippen molar-refractivity contribution in [2.45, 2.75) is 56.4 Å². The molecule has 1 aliphatic carbocycles. The van der Waals surface area contributed by atoms with Gasteiger partial charge in [-0.3, -0.25) is 14.6 Å². The van der Waals surface area contributed by atoms with E-state index in [1.54, 1.807) is 6.07 Å². The van der Waals surface area contributed by atoms with E-state index in [0.29, 0.717) is 18.5 Å². The second-order valence-electron chi connectivity index (χ2n) is 11.3. The van der Waals surface area contributed by atoms with Crippen LogP contribution in [0.1, 0.15) is 60.6 Å². The van der Waals surface area contributed by atoms with E-state index in [-0.39, 0.29) is 17.2 Å². The topological polar surface area (TPSA) is 103 Å². The summed E-state index contributed by atoms with van der Waals surface area (Å²) in [6.45, 7) is 2.31. The summed E-state index contributed by atoms with van der Waals surface area (Å²) in [7, 11) is 0. The Bertz CT molecular complexity index is 1650. The van der Waals surface area contributed by atoms with Crippen LogP contribution in [-0.4, -0.2) is 38.8 Å². The minimum Gasteiger partial charge on any atom is -0.361 e. The van der Waals surface area contributed by atoms with Gasteiger partial charge < -0.3 is 20.6 Å². The number of hydrogen-bond donors (Lipinski definition) is 4. The molecule has 4 N–H and O–H groups in total. The summed E-state index contributed by atoms with van der Waals surface area (Å²) < 4.78 is 0. The van der Waals surface area contributed by atoms with Gasteiger partial charge in [0.05, 0.1) is 0 Å². The lowest BCUT2D eigenvalue weighted by Crippen LogP contribution is -2.59. The van der Waals surface area contributed by atoms with Gasteiger partial charge in [0.1, 0.15) is 5.54 Å². The monoisotopic (exact) mass is 533 g/mol. The molecule has 0 aliphatic heterocycles. The zero-order chi connectivity index (χ0) is 27.6. The van der Waals surface area contributed by atoms with Crippen molar-refractivity contribution in [1.29, 1.82) is 0 Å². The average Bonchev–Trinajstić information content (AvgIpc) is 3.63. The highest BCUT2D eigenvalue weighted by Crippen LogP contribution is 2.38. The minimum absolute atomic E-state index is 0.199. The third-order valence-electron chi connectivity index (χ3n) is 8.53. The van der Waals surface area contributed by atoms with Crippen LogP contribution in [0.3, 0.4) is 0 Å². The van der Waals surface area contributed by atoms with Crippen LogP contribution in [-0.2, 0) is 16.6 Å². The molecular weight excluding hydrogens is 498 g/mol. The molecule has 2 aromatic carbocycles. The Morgan fingerprint density at radius 2 is 1.77 bits per heavy atom. The van der Waals surface area contributed by atoms with E-state index in [0.717, 1.165) is 58.7 Å². The minimum atomic E-state index is -1.19. The van der Waals surface area contributed by atoms with Gasteiger partial charge in [0.25, 0.3) is 5.91 Å². The molecule has 0 bridgehead atoms. The number of H-pyrrole nitrogens is 2. The predicted molar refractivity (Wildman–Crippen MR) is 158 cm³/mol. The van der Waals surface area contributed by atoms with Crippen LogP contribution < -0.4 is 10.6 Å². The molecule has 0 saturated heterocycles. The van der Waals surface area contributed by atoms with Gasteiger partial charge in [0.2, 0.25) is 5.91 Å². The molecule has 0 unspecified atom stereocenters. The number of hydrogen-bond acceptors (Lipinski definition) is 3. The molecule has 204 valence electrons. The molecule has 0 spiro atoms. The van der Waals surface area contributed by atoms with E-state index in [1.807, 2.05) is 80.1 Å². The average molecular weight is 534 g/mol. The number of pyridine rings is 1. The van der Waals surface area contributed by atoms with Crippen molar-refractivity contribution in [1.82, 2.24) is 25.6 Å². The van der Waals surface area contributed by atoms with Crippen molar-refractivity contribution < 1.29 is 9.59 Å². The number of rotatable bonds is 8. The highest BCUT2D eigenvalue weighted by Gasteiger charge is 2.40. The molecule has 2 amide bonds. The number of carbonyl (C=O) groups is 2. The van der Waals surface area contributed by atoms with Crippen molar-refractivity contribution in [2.24, 2.45) is 0 Å². The standard InChI is InChI=1S/C33H35N5O2/c1-32(20-25-21-36-28-10-4-3-9-26(25)28,38-30(39)24-12-13-27-23(19-24)14-18-34-27)31(40)37-22-33(15-6-2-7-16-33)29-11-5-8-17-35-29/h3-5,8-14,17-19,21,34,36H,2,6-7,15-16,20,22H2,1H3,(H,37,40)(H,38,39)/t32-/m0/s1. The largest absolute Gasteiger partial charge is 0.361 e. The lowest BCUT2D eigenvalue weighted by atomic mass is 9.71. The number of aromatic amines is 2. The molecule has 3 heterocycles. The first-order valence-electron chi connectivity index (χ1n) is 14.1. The first-order chi connectivity index (χ1) is 19.5. The number of aromatic nitrogens is 3. The van der Waals surface area contributed by atoms with E-state index in [1.165, 1.54) is 6.42 Å². The normalized spacial score (nSPS) is 16.4. The molecule has 0 radical (unpaired) electrons. The van der Waals surface area contributed by atoms with Crippen LogP contribution in [0.25, 0.3) is 21.8 Å². The lowest BCUT2D eigenvalue weighted by molar-refractivity contribution is -0.127. The second kappa shape index (κ2) is 10.6. The summed E-state index contributed by atoms with van der Waals surface area (Å²) in [5.74, 6) is -0.479. The Morgan fingerprint density at radius 1 is 0.950 bits per heavy atom. The molecule has 40 heavy (non-hydrogen) atoms. The van der Waals surface area contributed by atoms with Gasteiger partial charge in [-0.1, -0.05) is 43.5 Å². The fraction of sp³-hybridized carbons (Fsp3) is 0.303. The predicted octanol–water partition coefficient (Wildman–Crippen LogP) is 5.79. The Hall–Kier alpha value is -4.39. The molecule has 1 aliphatic rings.